The van der Waals surface area contributed by atoms with Crippen molar-refractivity contribution in [2.75, 3.05) is 7.11 Å². The fraction of sp³-hybridized carbons (Fsp3) is 0.182. The minimum absolute atomic E-state index is 0.115. The number of ketones is 1. The number of carbonyl (C=O) groups is 2. The molecule has 8 nitrogen and oxygen atoms in total. The van der Waals surface area contributed by atoms with Crippen LogP contribution in [0.1, 0.15) is 33.3 Å². The number of pyridine rings is 1. The molecular formula is C22H19N3O5. The van der Waals surface area contributed by atoms with Crippen LogP contribution in [-0.4, -0.2) is 33.6 Å². The smallest absolute Gasteiger partial charge is 0.344 e. The van der Waals surface area contributed by atoms with Crippen molar-refractivity contribution in [3.63, 3.8) is 0 Å². The summed E-state index contributed by atoms with van der Waals surface area (Å²) in [4.78, 5) is 29.4. The van der Waals surface area contributed by atoms with Gasteiger partial charge in [0.25, 0.3) is 0 Å². The number of carbonyl (C=O) groups excluding carboxylic acids is 2. The van der Waals surface area contributed by atoms with Crippen LogP contribution in [0.25, 0.3) is 22.5 Å². The zero-order valence-electron chi connectivity index (χ0n) is 16.9. The maximum atomic E-state index is 13.2. The number of methoxy groups -OCH3 is 1. The molecule has 0 spiro atoms. The predicted molar refractivity (Wildman–Crippen MR) is 109 cm³/mol. The zero-order chi connectivity index (χ0) is 21.4. The van der Waals surface area contributed by atoms with Crippen molar-refractivity contribution in [2.45, 2.75) is 13.8 Å². The van der Waals surface area contributed by atoms with Crippen molar-refractivity contribution in [3.05, 3.63) is 59.5 Å². The average molecular weight is 405 g/mol. The van der Waals surface area contributed by atoms with Gasteiger partial charge in [-0.25, -0.2) is 9.78 Å². The number of esters is 1. The fourth-order valence-electron chi connectivity index (χ4n) is 3.28. The molecule has 30 heavy (non-hydrogen) atoms. The number of Topliss-reactive ketones (excluding diaryl/α,β-unsaturated/α-hetero) is 1. The van der Waals surface area contributed by atoms with Gasteiger partial charge in [-0.3, -0.25) is 9.48 Å². The van der Waals surface area contributed by atoms with Gasteiger partial charge < -0.3 is 13.9 Å². The largest absolute Gasteiger partial charge is 0.493 e. The Bertz CT molecular complexity index is 1270. The van der Waals surface area contributed by atoms with E-state index in [0.29, 0.717) is 39.3 Å². The third kappa shape index (κ3) is 3.32. The Kier molecular flexibility index (Phi) is 4.83. The lowest BCUT2D eigenvalue weighted by Crippen LogP contribution is -2.11. The summed E-state index contributed by atoms with van der Waals surface area (Å²) in [6, 6.07) is 9.78. The highest BCUT2D eigenvalue weighted by Crippen LogP contribution is 2.32. The highest BCUT2D eigenvalue weighted by atomic mass is 16.6. The second-order valence-corrected chi connectivity index (χ2v) is 6.75. The molecule has 0 amide bonds. The van der Waals surface area contributed by atoms with Crippen LogP contribution in [0.4, 0.5) is 0 Å². The highest BCUT2D eigenvalue weighted by Gasteiger charge is 2.22. The molecule has 8 heteroatoms. The van der Waals surface area contributed by atoms with E-state index in [1.165, 1.54) is 32.4 Å². The van der Waals surface area contributed by atoms with E-state index in [2.05, 4.69) is 10.1 Å². The van der Waals surface area contributed by atoms with Gasteiger partial charge in [-0.2, -0.15) is 5.10 Å². The second-order valence-electron chi connectivity index (χ2n) is 6.75. The zero-order valence-corrected chi connectivity index (χ0v) is 16.9. The average Bonchev–Trinajstić information content (AvgIpc) is 3.36. The Morgan fingerprint density at radius 1 is 1.13 bits per heavy atom. The minimum Gasteiger partial charge on any atom is -0.493 e. The number of benzene rings is 1. The molecule has 0 fully saturated rings. The number of rotatable bonds is 5. The van der Waals surface area contributed by atoms with Crippen LogP contribution in [0, 0.1) is 6.92 Å². The standard InChI is InChI=1S/C22H19N3O5/c1-12-20-15(11-16(17-6-5-9-29-17)23-21(20)25(3)24-12)22(27)30-18-8-7-14(13(2)26)10-19(18)28-4/h5-11H,1-4H3. The number of aromatic nitrogens is 3. The van der Waals surface area contributed by atoms with Crippen molar-refractivity contribution < 1.29 is 23.5 Å². The quantitative estimate of drug-likeness (QED) is 0.282. The molecule has 4 aromatic rings. The van der Waals surface area contributed by atoms with Crippen LogP contribution in [0.3, 0.4) is 0 Å². The monoisotopic (exact) mass is 405 g/mol. The molecular weight excluding hydrogens is 386 g/mol. The highest BCUT2D eigenvalue weighted by molar-refractivity contribution is 6.05. The minimum atomic E-state index is -0.597. The Labute approximate surface area is 172 Å². The molecule has 4 rings (SSSR count). The van der Waals surface area contributed by atoms with Crippen LogP contribution >= 0.6 is 0 Å². The summed E-state index contributed by atoms with van der Waals surface area (Å²) >= 11 is 0. The Hall–Kier alpha value is -3.94. The Morgan fingerprint density at radius 3 is 2.60 bits per heavy atom. The summed E-state index contributed by atoms with van der Waals surface area (Å²) < 4.78 is 18.0. The van der Waals surface area contributed by atoms with Crippen molar-refractivity contribution in [1.29, 1.82) is 0 Å². The SMILES string of the molecule is COc1cc(C(C)=O)ccc1OC(=O)c1cc(-c2ccco2)nc2c1c(C)nn2C. The van der Waals surface area contributed by atoms with Gasteiger partial charge in [-0.1, -0.05) is 0 Å². The predicted octanol–water partition coefficient (Wildman–Crippen LogP) is 3.97. The van der Waals surface area contributed by atoms with Crippen LogP contribution in [0.15, 0.2) is 47.1 Å². The molecule has 0 unspecified atom stereocenters. The van der Waals surface area contributed by atoms with Gasteiger partial charge in [0, 0.05) is 12.6 Å². The van der Waals surface area contributed by atoms with Crippen LogP contribution in [-0.2, 0) is 7.05 Å². The summed E-state index contributed by atoms with van der Waals surface area (Å²) in [5.74, 6) is 0.304. The van der Waals surface area contributed by atoms with E-state index in [1.807, 2.05) is 0 Å². The maximum absolute atomic E-state index is 13.2. The number of ether oxygens (including phenoxy) is 2. The van der Waals surface area contributed by atoms with E-state index in [1.54, 1.807) is 42.9 Å². The Morgan fingerprint density at radius 2 is 1.93 bits per heavy atom. The number of furan rings is 1. The number of aryl methyl sites for hydroxylation is 2. The molecule has 0 bridgehead atoms. The topological polar surface area (TPSA) is 96.5 Å². The molecule has 1 aromatic carbocycles. The third-order valence-corrected chi connectivity index (χ3v) is 4.74. The Balaban J connectivity index is 1.81. The number of hydrogen-bond acceptors (Lipinski definition) is 7. The first-order valence-electron chi connectivity index (χ1n) is 9.18. The molecule has 3 aromatic heterocycles. The lowest BCUT2D eigenvalue weighted by atomic mass is 10.1. The first kappa shape index (κ1) is 19.4. The molecule has 0 atom stereocenters. The van der Waals surface area contributed by atoms with E-state index in [0.717, 1.165) is 0 Å². The fourth-order valence-corrected chi connectivity index (χ4v) is 3.28. The summed E-state index contributed by atoms with van der Waals surface area (Å²) in [7, 11) is 3.20. The summed E-state index contributed by atoms with van der Waals surface area (Å²) in [5.41, 5.74) is 2.43. The van der Waals surface area contributed by atoms with E-state index < -0.39 is 5.97 Å². The van der Waals surface area contributed by atoms with Crippen molar-refractivity contribution in [3.8, 4) is 23.0 Å². The molecule has 3 heterocycles. The van der Waals surface area contributed by atoms with Crippen molar-refractivity contribution in [1.82, 2.24) is 14.8 Å². The molecule has 0 aliphatic heterocycles. The summed E-state index contributed by atoms with van der Waals surface area (Å²) in [6.45, 7) is 3.26. The van der Waals surface area contributed by atoms with E-state index in [4.69, 9.17) is 13.9 Å². The van der Waals surface area contributed by atoms with Crippen molar-refractivity contribution in [2.24, 2.45) is 7.05 Å². The normalized spacial score (nSPS) is 10.9. The molecule has 0 saturated carbocycles. The number of nitrogens with zero attached hydrogens (tertiary/aromatic N) is 3. The number of hydrogen-bond donors (Lipinski definition) is 0. The maximum Gasteiger partial charge on any atom is 0.344 e. The van der Waals surface area contributed by atoms with Gasteiger partial charge in [0.2, 0.25) is 0 Å². The summed E-state index contributed by atoms with van der Waals surface area (Å²) in [5, 5.41) is 4.98. The first-order chi connectivity index (χ1) is 14.4. The van der Waals surface area contributed by atoms with Gasteiger partial charge >= 0.3 is 5.97 Å². The molecule has 0 saturated heterocycles. The molecule has 0 radical (unpaired) electrons. The van der Waals surface area contributed by atoms with E-state index >= 15 is 0 Å². The number of fused-ring (bicyclic) bond motifs is 1. The lowest BCUT2D eigenvalue weighted by Gasteiger charge is -2.11. The van der Waals surface area contributed by atoms with Crippen LogP contribution < -0.4 is 9.47 Å². The van der Waals surface area contributed by atoms with E-state index in [-0.39, 0.29) is 17.3 Å². The van der Waals surface area contributed by atoms with Gasteiger partial charge in [0.05, 0.1) is 30.0 Å². The van der Waals surface area contributed by atoms with Gasteiger partial charge in [0.1, 0.15) is 5.69 Å². The first-order valence-corrected chi connectivity index (χ1v) is 9.18. The molecule has 0 aliphatic carbocycles. The van der Waals surface area contributed by atoms with E-state index in [9.17, 15) is 9.59 Å². The summed E-state index contributed by atoms with van der Waals surface area (Å²) in [6.07, 6.45) is 1.54. The van der Waals surface area contributed by atoms with Gasteiger partial charge in [-0.15, -0.1) is 0 Å². The lowest BCUT2D eigenvalue weighted by molar-refractivity contribution is 0.0731. The molecule has 0 aliphatic rings. The van der Waals surface area contributed by atoms with Crippen LogP contribution in [0.2, 0.25) is 0 Å². The second kappa shape index (κ2) is 7.47. The van der Waals surface area contributed by atoms with Gasteiger partial charge in [0.15, 0.2) is 28.7 Å². The molecule has 152 valence electrons. The molecule has 0 N–H and O–H groups in total. The van der Waals surface area contributed by atoms with Crippen molar-refractivity contribution >= 4 is 22.8 Å². The van der Waals surface area contributed by atoms with Gasteiger partial charge in [-0.05, 0) is 50.2 Å². The third-order valence-electron chi connectivity index (χ3n) is 4.74. The van der Waals surface area contributed by atoms with Crippen LogP contribution in [0.5, 0.6) is 11.5 Å².